The number of nitrogens with zero attached hydrogens (tertiary/aromatic N) is 3. The Morgan fingerprint density at radius 1 is 0.944 bits per heavy atom. The first-order valence-corrected chi connectivity index (χ1v) is 11.9. The molecular weight excluding hydrogens is 452 g/mol. The molecule has 0 saturated carbocycles. The Morgan fingerprint density at radius 3 is 2.28 bits per heavy atom. The Kier molecular flexibility index (Phi) is 7.50. The standard InChI is InChI=1S/C29H32N4O3/c1-20-8-6-7-9-25(20)26-31-28(36-19-18-35-5)32-33(26)24-16-14-23(15-17-24)30-27(34)21-10-12-22(13-11-21)29(2,3)4/h6-17H,18-19H2,1-5H3,(H,30,34). The van der Waals surface area contributed by atoms with Gasteiger partial charge in [-0.05, 0) is 59.9 Å². The van der Waals surface area contributed by atoms with Crippen LogP contribution in [0.1, 0.15) is 42.3 Å². The fourth-order valence-electron chi connectivity index (χ4n) is 3.76. The summed E-state index contributed by atoms with van der Waals surface area (Å²) in [5.74, 6) is 0.523. The Balaban J connectivity index is 1.56. The Bertz CT molecular complexity index is 1320. The van der Waals surface area contributed by atoms with E-state index in [9.17, 15) is 4.79 Å². The number of hydrogen-bond donors (Lipinski definition) is 1. The normalized spacial score (nSPS) is 11.4. The molecule has 1 aromatic heterocycles. The van der Waals surface area contributed by atoms with E-state index in [0.717, 1.165) is 16.8 Å². The highest BCUT2D eigenvalue weighted by Crippen LogP contribution is 2.27. The molecule has 4 aromatic rings. The average Bonchev–Trinajstić information content (AvgIpc) is 3.28. The van der Waals surface area contributed by atoms with Gasteiger partial charge in [-0.15, -0.1) is 5.10 Å². The molecule has 0 aliphatic rings. The van der Waals surface area contributed by atoms with Crippen LogP contribution in [0.3, 0.4) is 0 Å². The molecule has 7 nitrogen and oxygen atoms in total. The zero-order chi connectivity index (χ0) is 25.7. The molecule has 0 spiro atoms. The number of benzene rings is 3. The minimum atomic E-state index is -0.154. The number of methoxy groups -OCH3 is 1. The van der Waals surface area contributed by atoms with Crippen LogP contribution in [-0.4, -0.2) is 41.0 Å². The van der Waals surface area contributed by atoms with E-state index in [1.165, 1.54) is 5.56 Å². The second kappa shape index (κ2) is 10.7. The van der Waals surface area contributed by atoms with Crippen molar-refractivity contribution in [2.75, 3.05) is 25.6 Å². The van der Waals surface area contributed by atoms with Crippen molar-refractivity contribution in [1.82, 2.24) is 14.8 Å². The quantitative estimate of drug-likeness (QED) is 0.319. The maximum Gasteiger partial charge on any atom is 0.336 e. The molecule has 0 aliphatic heterocycles. The lowest BCUT2D eigenvalue weighted by molar-refractivity contribution is 0.102. The van der Waals surface area contributed by atoms with Crippen LogP contribution < -0.4 is 10.1 Å². The lowest BCUT2D eigenvalue weighted by Gasteiger charge is -2.19. The molecule has 7 heteroatoms. The van der Waals surface area contributed by atoms with Crippen LogP contribution in [0.5, 0.6) is 6.01 Å². The summed E-state index contributed by atoms with van der Waals surface area (Å²) < 4.78 is 12.5. The van der Waals surface area contributed by atoms with Gasteiger partial charge in [0.2, 0.25) is 0 Å². The molecule has 0 atom stereocenters. The zero-order valence-electron chi connectivity index (χ0n) is 21.4. The molecule has 1 amide bonds. The number of anilines is 1. The number of carbonyl (C=O) groups excluding carboxylic acids is 1. The van der Waals surface area contributed by atoms with Gasteiger partial charge < -0.3 is 14.8 Å². The molecule has 0 unspecified atom stereocenters. The number of carbonyl (C=O) groups is 1. The number of nitrogens with one attached hydrogen (secondary N) is 1. The number of hydrogen-bond acceptors (Lipinski definition) is 5. The van der Waals surface area contributed by atoms with Crippen molar-refractivity contribution < 1.29 is 14.3 Å². The van der Waals surface area contributed by atoms with E-state index >= 15 is 0 Å². The first-order valence-electron chi connectivity index (χ1n) is 11.9. The highest BCUT2D eigenvalue weighted by atomic mass is 16.5. The summed E-state index contributed by atoms with van der Waals surface area (Å²) in [6.07, 6.45) is 0. The molecule has 0 bridgehead atoms. The summed E-state index contributed by atoms with van der Waals surface area (Å²) in [4.78, 5) is 17.4. The van der Waals surface area contributed by atoms with Crippen LogP contribution in [0.15, 0.2) is 72.8 Å². The van der Waals surface area contributed by atoms with Crippen LogP contribution in [0, 0.1) is 6.92 Å². The minimum Gasteiger partial charge on any atom is -0.460 e. The number of aromatic nitrogens is 3. The van der Waals surface area contributed by atoms with Gasteiger partial charge in [-0.25, -0.2) is 4.68 Å². The number of aryl methyl sites for hydroxylation is 1. The van der Waals surface area contributed by atoms with Crippen LogP contribution in [0.25, 0.3) is 17.1 Å². The predicted molar refractivity (Wildman–Crippen MR) is 142 cm³/mol. The molecule has 0 aliphatic carbocycles. The molecule has 0 saturated heterocycles. The van der Waals surface area contributed by atoms with Gasteiger partial charge in [0.05, 0.1) is 12.3 Å². The summed E-state index contributed by atoms with van der Waals surface area (Å²) in [6.45, 7) is 9.29. The van der Waals surface area contributed by atoms with E-state index in [0.29, 0.717) is 30.3 Å². The van der Waals surface area contributed by atoms with E-state index in [2.05, 4.69) is 36.2 Å². The summed E-state index contributed by atoms with van der Waals surface area (Å²) in [6, 6.07) is 23.5. The van der Waals surface area contributed by atoms with E-state index in [1.54, 1.807) is 11.8 Å². The molecule has 4 rings (SSSR count). The van der Waals surface area contributed by atoms with Crippen LogP contribution >= 0.6 is 0 Å². The van der Waals surface area contributed by atoms with Gasteiger partial charge in [0.1, 0.15) is 6.61 Å². The fraction of sp³-hybridized carbons (Fsp3) is 0.276. The van der Waals surface area contributed by atoms with E-state index in [-0.39, 0.29) is 17.3 Å². The number of amides is 1. The van der Waals surface area contributed by atoms with Gasteiger partial charge in [0.15, 0.2) is 5.82 Å². The van der Waals surface area contributed by atoms with E-state index < -0.39 is 0 Å². The fourth-order valence-corrected chi connectivity index (χ4v) is 3.76. The first-order chi connectivity index (χ1) is 17.3. The van der Waals surface area contributed by atoms with Gasteiger partial charge in [-0.3, -0.25) is 4.79 Å². The Morgan fingerprint density at radius 2 is 1.64 bits per heavy atom. The molecular formula is C29H32N4O3. The molecule has 186 valence electrons. The lowest BCUT2D eigenvalue weighted by atomic mass is 9.87. The summed E-state index contributed by atoms with van der Waals surface area (Å²) >= 11 is 0. The van der Waals surface area contributed by atoms with E-state index in [1.807, 2.05) is 79.7 Å². The summed E-state index contributed by atoms with van der Waals surface area (Å²) in [5, 5.41) is 7.54. The number of rotatable bonds is 8. The van der Waals surface area contributed by atoms with E-state index in [4.69, 9.17) is 9.47 Å². The summed E-state index contributed by atoms with van der Waals surface area (Å²) in [5.41, 5.74) is 5.37. The van der Waals surface area contributed by atoms with Crippen molar-refractivity contribution >= 4 is 11.6 Å². The third kappa shape index (κ3) is 5.80. The Labute approximate surface area is 212 Å². The highest BCUT2D eigenvalue weighted by molar-refractivity contribution is 6.04. The second-order valence-corrected chi connectivity index (χ2v) is 9.61. The SMILES string of the molecule is COCCOc1nc(-c2ccccc2C)n(-c2ccc(NC(=O)c3ccc(C(C)(C)C)cc3)cc2)n1. The molecule has 36 heavy (non-hydrogen) atoms. The van der Waals surface area contributed by atoms with Gasteiger partial charge >= 0.3 is 6.01 Å². The van der Waals surface area contributed by atoms with Crippen molar-refractivity contribution in [2.24, 2.45) is 0 Å². The predicted octanol–water partition coefficient (Wildman–Crippen LogP) is 5.82. The maximum atomic E-state index is 12.8. The first kappa shape index (κ1) is 25.1. The van der Waals surface area contributed by atoms with Gasteiger partial charge in [-0.1, -0.05) is 57.2 Å². The van der Waals surface area contributed by atoms with Crippen molar-refractivity contribution in [3.63, 3.8) is 0 Å². The molecule has 1 heterocycles. The summed E-state index contributed by atoms with van der Waals surface area (Å²) in [7, 11) is 1.62. The van der Waals surface area contributed by atoms with Gasteiger partial charge in [-0.2, -0.15) is 4.98 Å². The van der Waals surface area contributed by atoms with Crippen molar-refractivity contribution in [2.45, 2.75) is 33.1 Å². The van der Waals surface area contributed by atoms with Crippen molar-refractivity contribution in [3.05, 3.63) is 89.5 Å². The highest BCUT2D eigenvalue weighted by Gasteiger charge is 2.17. The second-order valence-electron chi connectivity index (χ2n) is 9.61. The average molecular weight is 485 g/mol. The third-order valence-electron chi connectivity index (χ3n) is 5.88. The smallest absolute Gasteiger partial charge is 0.336 e. The lowest BCUT2D eigenvalue weighted by Crippen LogP contribution is -2.14. The monoisotopic (exact) mass is 484 g/mol. The largest absolute Gasteiger partial charge is 0.460 e. The zero-order valence-corrected chi connectivity index (χ0v) is 21.4. The van der Waals surface area contributed by atoms with Crippen LogP contribution in [-0.2, 0) is 10.2 Å². The maximum absolute atomic E-state index is 12.8. The van der Waals surface area contributed by atoms with Gasteiger partial charge in [0.25, 0.3) is 5.91 Å². The number of ether oxygens (including phenoxy) is 2. The van der Waals surface area contributed by atoms with Crippen molar-refractivity contribution in [1.29, 1.82) is 0 Å². The molecule has 3 aromatic carbocycles. The topological polar surface area (TPSA) is 78.3 Å². The molecule has 0 fully saturated rings. The molecule has 0 radical (unpaired) electrons. The minimum absolute atomic E-state index is 0.0397. The third-order valence-corrected chi connectivity index (χ3v) is 5.88. The van der Waals surface area contributed by atoms with Crippen molar-refractivity contribution in [3.8, 4) is 23.1 Å². The Hall–Kier alpha value is -3.97. The van der Waals surface area contributed by atoms with Gasteiger partial charge in [0, 0.05) is 23.9 Å². The van der Waals surface area contributed by atoms with Crippen LogP contribution in [0.4, 0.5) is 5.69 Å². The molecule has 1 N–H and O–H groups in total. The van der Waals surface area contributed by atoms with Crippen LogP contribution in [0.2, 0.25) is 0 Å².